The minimum Gasteiger partial charge on any atom is -0.384 e. The molecule has 1 aliphatic heterocycles. The quantitative estimate of drug-likeness (QED) is 0.745. The van der Waals surface area contributed by atoms with Crippen LogP contribution in [0.25, 0.3) is 0 Å². The lowest BCUT2D eigenvalue weighted by Crippen LogP contribution is -2.28. The van der Waals surface area contributed by atoms with Crippen LogP contribution in [0.1, 0.15) is 25.8 Å². The van der Waals surface area contributed by atoms with Crippen molar-refractivity contribution in [1.29, 1.82) is 0 Å². The number of halogens is 1. The number of nitrogens with one attached hydrogen (secondary N) is 1. The van der Waals surface area contributed by atoms with Gasteiger partial charge in [0.2, 0.25) is 0 Å². The molecule has 2 nitrogen and oxygen atoms in total. The molecule has 1 fully saturated rings. The van der Waals surface area contributed by atoms with Crippen molar-refractivity contribution in [3.63, 3.8) is 0 Å². The van der Waals surface area contributed by atoms with Gasteiger partial charge in [-0.2, -0.15) is 0 Å². The molecule has 2 N–H and O–H groups in total. The van der Waals surface area contributed by atoms with Gasteiger partial charge in [0.25, 0.3) is 0 Å². The summed E-state index contributed by atoms with van der Waals surface area (Å²) in [5.74, 6) is -0.265. The second-order valence-corrected chi connectivity index (χ2v) is 3.47. The number of rotatable bonds is 1. The van der Waals surface area contributed by atoms with E-state index in [0.717, 1.165) is 12.1 Å². The zero-order chi connectivity index (χ0) is 11.3. The van der Waals surface area contributed by atoms with Crippen molar-refractivity contribution < 1.29 is 9.50 Å². The van der Waals surface area contributed by atoms with Crippen molar-refractivity contribution in [3.05, 3.63) is 35.6 Å². The number of aliphatic hydroxyl groups is 1. The van der Waals surface area contributed by atoms with Crippen molar-refractivity contribution in [2.75, 3.05) is 13.1 Å². The fraction of sp³-hybridized carbons (Fsp3) is 0.500. The van der Waals surface area contributed by atoms with Gasteiger partial charge in [0.05, 0.1) is 0 Å². The summed E-state index contributed by atoms with van der Waals surface area (Å²) in [5, 5.41) is 13.2. The summed E-state index contributed by atoms with van der Waals surface area (Å²) in [6, 6.07) is 6.04. The van der Waals surface area contributed by atoms with E-state index in [2.05, 4.69) is 5.32 Å². The molecule has 0 aliphatic carbocycles. The molecule has 1 atom stereocenters. The molecule has 0 spiro atoms. The summed E-state index contributed by atoms with van der Waals surface area (Å²) in [4.78, 5) is 0. The topological polar surface area (TPSA) is 32.3 Å². The molecule has 1 saturated heterocycles. The fourth-order valence-electron chi connectivity index (χ4n) is 1.69. The summed E-state index contributed by atoms with van der Waals surface area (Å²) in [7, 11) is 0. The lowest BCUT2D eigenvalue weighted by atomic mass is 9.93. The van der Waals surface area contributed by atoms with E-state index in [1.165, 1.54) is 12.1 Å². The van der Waals surface area contributed by atoms with E-state index < -0.39 is 5.60 Å². The van der Waals surface area contributed by atoms with Crippen molar-refractivity contribution in [3.8, 4) is 0 Å². The Hall–Kier alpha value is -0.930. The molecule has 15 heavy (non-hydrogen) atoms. The highest BCUT2D eigenvalue weighted by molar-refractivity contribution is 5.24. The molecule has 0 saturated carbocycles. The summed E-state index contributed by atoms with van der Waals surface area (Å²) >= 11 is 0. The van der Waals surface area contributed by atoms with Gasteiger partial charge in [0.1, 0.15) is 11.4 Å². The highest BCUT2D eigenvalue weighted by Crippen LogP contribution is 2.27. The van der Waals surface area contributed by atoms with Crippen molar-refractivity contribution >= 4 is 0 Å². The number of β-amino-alcohol motifs (C(OH)–C–C–N with tert-alkyl or cyclic N) is 1. The molecular weight excluding hydrogens is 193 g/mol. The second-order valence-electron chi connectivity index (χ2n) is 3.47. The van der Waals surface area contributed by atoms with Crippen LogP contribution in [-0.4, -0.2) is 18.2 Å². The Morgan fingerprint density at radius 1 is 1.27 bits per heavy atom. The van der Waals surface area contributed by atoms with Gasteiger partial charge in [-0.1, -0.05) is 26.0 Å². The van der Waals surface area contributed by atoms with Crippen molar-refractivity contribution in [2.45, 2.75) is 25.9 Å². The predicted octanol–water partition coefficient (Wildman–Crippen LogP) is 2.03. The third-order valence-corrected chi connectivity index (χ3v) is 2.51. The van der Waals surface area contributed by atoms with E-state index in [4.69, 9.17) is 0 Å². The summed E-state index contributed by atoms with van der Waals surface area (Å²) in [6.07, 6.45) is 0.693. The smallest absolute Gasteiger partial charge is 0.123 e. The van der Waals surface area contributed by atoms with Crippen LogP contribution >= 0.6 is 0 Å². The fourth-order valence-corrected chi connectivity index (χ4v) is 1.69. The van der Waals surface area contributed by atoms with Gasteiger partial charge in [0.15, 0.2) is 0 Å². The Morgan fingerprint density at radius 2 is 1.87 bits per heavy atom. The average molecular weight is 211 g/mol. The minimum absolute atomic E-state index is 0.265. The Balaban J connectivity index is 0.000000531. The maximum absolute atomic E-state index is 12.6. The first-order chi connectivity index (χ1) is 7.21. The molecule has 84 valence electrons. The van der Waals surface area contributed by atoms with Gasteiger partial charge >= 0.3 is 0 Å². The summed E-state index contributed by atoms with van der Waals surface area (Å²) in [5.41, 5.74) is -0.00727. The molecule has 0 bridgehead atoms. The Morgan fingerprint density at radius 3 is 2.33 bits per heavy atom. The van der Waals surface area contributed by atoms with E-state index in [0.29, 0.717) is 13.0 Å². The van der Waals surface area contributed by atoms with Gasteiger partial charge in [0, 0.05) is 6.54 Å². The molecule has 0 amide bonds. The van der Waals surface area contributed by atoms with Crippen LogP contribution in [0, 0.1) is 5.82 Å². The Labute approximate surface area is 90.1 Å². The minimum atomic E-state index is -0.798. The molecule has 1 heterocycles. The molecule has 1 aliphatic rings. The third-order valence-electron chi connectivity index (χ3n) is 2.51. The van der Waals surface area contributed by atoms with E-state index in [1.54, 1.807) is 12.1 Å². The maximum Gasteiger partial charge on any atom is 0.123 e. The number of hydrogen-bond donors (Lipinski definition) is 2. The number of hydrogen-bond acceptors (Lipinski definition) is 2. The lowest BCUT2D eigenvalue weighted by molar-refractivity contribution is 0.0587. The van der Waals surface area contributed by atoms with Gasteiger partial charge in [-0.05, 0) is 30.7 Å². The third kappa shape index (κ3) is 2.76. The average Bonchev–Trinajstić information content (AvgIpc) is 2.70. The predicted molar refractivity (Wildman–Crippen MR) is 59.1 cm³/mol. The zero-order valence-electron chi connectivity index (χ0n) is 9.26. The Bertz CT molecular complexity index is 291. The largest absolute Gasteiger partial charge is 0.384 e. The summed E-state index contributed by atoms with van der Waals surface area (Å²) < 4.78 is 12.6. The molecule has 1 aromatic rings. The van der Waals surface area contributed by atoms with Gasteiger partial charge in [-0.25, -0.2) is 4.39 Å². The van der Waals surface area contributed by atoms with Crippen LogP contribution in [0.2, 0.25) is 0 Å². The van der Waals surface area contributed by atoms with Crippen LogP contribution in [0.4, 0.5) is 4.39 Å². The van der Waals surface area contributed by atoms with E-state index >= 15 is 0 Å². The van der Waals surface area contributed by atoms with E-state index in [9.17, 15) is 9.50 Å². The van der Waals surface area contributed by atoms with Crippen molar-refractivity contribution in [2.24, 2.45) is 0 Å². The van der Waals surface area contributed by atoms with Crippen LogP contribution < -0.4 is 5.32 Å². The summed E-state index contributed by atoms with van der Waals surface area (Å²) in [6.45, 7) is 5.37. The maximum atomic E-state index is 12.6. The van der Waals surface area contributed by atoms with Gasteiger partial charge < -0.3 is 10.4 Å². The standard InChI is InChI=1S/C10H12FNO.C2H6/c11-9-3-1-8(2-4-9)10(13)5-6-12-7-10;1-2/h1-4,12-13H,5-7H2;1-2H3. The van der Waals surface area contributed by atoms with Crippen LogP contribution in [0.3, 0.4) is 0 Å². The van der Waals surface area contributed by atoms with Crippen LogP contribution in [-0.2, 0) is 5.60 Å². The first-order valence-electron chi connectivity index (χ1n) is 5.40. The highest BCUT2D eigenvalue weighted by atomic mass is 19.1. The SMILES string of the molecule is CC.OC1(c2ccc(F)cc2)CCNC1. The molecule has 2 rings (SSSR count). The molecule has 1 unspecified atom stereocenters. The monoisotopic (exact) mass is 211 g/mol. The molecule has 3 heteroatoms. The van der Waals surface area contributed by atoms with E-state index in [-0.39, 0.29) is 5.82 Å². The normalized spacial score (nSPS) is 24.5. The zero-order valence-corrected chi connectivity index (χ0v) is 9.26. The molecule has 0 radical (unpaired) electrons. The van der Waals surface area contributed by atoms with Crippen molar-refractivity contribution in [1.82, 2.24) is 5.32 Å². The lowest BCUT2D eigenvalue weighted by Gasteiger charge is -2.21. The van der Waals surface area contributed by atoms with Gasteiger partial charge in [-0.15, -0.1) is 0 Å². The number of benzene rings is 1. The molecule has 0 aromatic heterocycles. The van der Waals surface area contributed by atoms with Gasteiger partial charge in [-0.3, -0.25) is 0 Å². The highest BCUT2D eigenvalue weighted by Gasteiger charge is 2.32. The van der Waals surface area contributed by atoms with Crippen LogP contribution in [0.5, 0.6) is 0 Å². The second kappa shape index (κ2) is 5.24. The molecular formula is C12H18FNO. The Kier molecular flexibility index (Phi) is 4.24. The van der Waals surface area contributed by atoms with Crippen LogP contribution in [0.15, 0.2) is 24.3 Å². The molecule has 1 aromatic carbocycles. The first kappa shape index (κ1) is 12.1. The first-order valence-corrected chi connectivity index (χ1v) is 5.40. The van der Waals surface area contributed by atoms with E-state index in [1.807, 2.05) is 13.8 Å².